The van der Waals surface area contributed by atoms with Crippen molar-refractivity contribution in [2.24, 2.45) is 0 Å². The summed E-state index contributed by atoms with van der Waals surface area (Å²) in [5, 5.41) is 8.07. The highest BCUT2D eigenvalue weighted by atomic mass is 35.6. The molecule has 5 atom stereocenters. The Labute approximate surface area is 248 Å². The number of benzene rings is 2. The Bertz CT molecular complexity index is 1130. The zero-order chi connectivity index (χ0) is 29.3. The zero-order valence-corrected chi connectivity index (χ0v) is 24.6. The lowest BCUT2D eigenvalue weighted by Crippen LogP contribution is -2.61. The maximum atomic E-state index is 12.8. The number of hydrogen-bond acceptors (Lipinski definition) is 9. The van der Waals surface area contributed by atoms with E-state index in [1.807, 2.05) is 42.5 Å². The van der Waals surface area contributed by atoms with Gasteiger partial charge >= 0.3 is 5.97 Å². The van der Waals surface area contributed by atoms with Gasteiger partial charge in [-0.15, -0.1) is 0 Å². The SMILES string of the molecule is COc1ccc(CO[C@@H]2[C@@H](OCc3ccccc3)[C@H](C)OC(OC(=N)C(Cl)(Cl)Cl)[C@@H]2OC(=O)CCC(C)=O)cc1. The number of alkyl halides is 3. The molecule has 2 aromatic carbocycles. The van der Waals surface area contributed by atoms with E-state index >= 15 is 0 Å². The van der Waals surface area contributed by atoms with E-state index < -0.39 is 46.4 Å². The van der Waals surface area contributed by atoms with Gasteiger partial charge in [-0.25, -0.2) is 0 Å². The van der Waals surface area contributed by atoms with Crippen molar-refractivity contribution in [2.75, 3.05) is 7.11 Å². The summed E-state index contributed by atoms with van der Waals surface area (Å²) < 4.78 is 32.9. The van der Waals surface area contributed by atoms with Gasteiger partial charge in [-0.3, -0.25) is 10.2 Å². The van der Waals surface area contributed by atoms with Crippen LogP contribution in [0.5, 0.6) is 5.75 Å². The molecule has 0 aliphatic carbocycles. The predicted molar refractivity (Wildman–Crippen MR) is 150 cm³/mol. The van der Waals surface area contributed by atoms with Crippen molar-refractivity contribution in [2.45, 2.75) is 74.4 Å². The van der Waals surface area contributed by atoms with Crippen molar-refractivity contribution in [3.63, 3.8) is 0 Å². The molecule has 0 spiro atoms. The van der Waals surface area contributed by atoms with Gasteiger partial charge in [0.1, 0.15) is 23.7 Å². The topological polar surface area (TPSA) is 113 Å². The van der Waals surface area contributed by atoms with Crippen molar-refractivity contribution >= 4 is 52.5 Å². The number of hydrogen-bond donors (Lipinski definition) is 1. The van der Waals surface area contributed by atoms with Crippen LogP contribution in [-0.4, -0.2) is 59.3 Å². The van der Waals surface area contributed by atoms with Crippen LogP contribution in [0, 0.1) is 5.41 Å². The van der Waals surface area contributed by atoms with Gasteiger partial charge in [0.15, 0.2) is 6.10 Å². The summed E-state index contributed by atoms with van der Waals surface area (Å²) >= 11 is 17.5. The summed E-state index contributed by atoms with van der Waals surface area (Å²) in [6, 6.07) is 16.8. The average molecular weight is 617 g/mol. The minimum Gasteiger partial charge on any atom is -0.497 e. The molecular weight excluding hydrogens is 585 g/mol. The Morgan fingerprint density at radius 1 is 0.875 bits per heavy atom. The standard InChI is InChI=1S/C28H32Cl3NO8/c1-17(33)9-14-22(34)39-25-24(37-16-20-10-12-21(35-3)13-11-20)23(36-15-19-7-5-4-6-8-19)18(2)38-26(25)40-27(32)28(29,30)31/h4-8,10-13,18,23-26,32H,9,14-16H2,1-3H3/t18-,23-,24+,25+,26?/m0/s1. The normalized spacial score (nSPS) is 22.8. The van der Waals surface area contributed by atoms with Crippen LogP contribution >= 0.6 is 34.8 Å². The molecule has 0 radical (unpaired) electrons. The molecule has 0 saturated carbocycles. The van der Waals surface area contributed by atoms with Gasteiger partial charge in [0.2, 0.25) is 12.2 Å². The number of nitrogens with one attached hydrogen (secondary N) is 1. The predicted octanol–water partition coefficient (Wildman–Crippen LogP) is 5.56. The van der Waals surface area contributed by atoms with Gasteiger partial charge in [-0.1, -0.05) is 77.3 Å². The molecule has 1 N–H and O–H groups in total. The maximum Gasteiger partial charge on any atom is 0.306 e. The minimum atomic E-state index is -2.18. The number of methoxy groups -OCH3 is 1. The van der Waals surface area contributed by atoms with Crippen molar-refractivity contribution in [1.82, 2.24) is 0 Å². The van der Waals surface area contributed by atoms with E-state index in [0.717, 1.165) is 11.1 Å². The number of rotatable bonds is 12. The molecule has 1 saturated heterocycles. The monoisotopic (exact) mass is 615 g/mol. The fourth-order valence-corrected chi connectivity index (χ4v) is 4.10. The molecule has 2 aromatic rings. The first-order valence-electron chi connectivity index (χ1n) is 12.5. The zero-order valence-electron chi connectivity index (χ0n) is 22.3. The first-order chi connectivity index (χ1) is 19.0. The summed E-state index contributed by atoms with van der Waals surface area (Å²) in [6.07, 6.45) is -5.08. The fourth-order valence-electron chi connectivity index (χ4n) is 3.97. The molecule has 0 bridgehead atoms. The Hall–Kier alpha value is -2.40. The lowest BCUT2D eigenvalue weighted by molar-refractivity contribution is -0.296. The Morgan fingerprint density at radius 3 is 2.05 bits per heavy atom. The number of carbonyl (C=O) groups excluding carboxylic acids is 2. The number of ketones is 1. The minimum absolute atomic E-state index is 0.0103. The summed E-state index contributed by atoms with van der Waals surface area (Å²) in [5.41, 5.74) is 1.73. The Morgan fingerprint density at radius 2 is 1.48 bits per heavy atom. The van der Waals surface area contributed by atoms with Crippen LogP contribution in [0.15, 0.2) is 54.6 Å². The third-order valence-corrected chi connectivity index (χ3v) is 6.57. The first kappa shape index (κ1) is 32.1. The molecule has 1 fully saturated rings. The van der Waals surface area contributed by atoms with Gasteiger partial charge in [0, 0.05) is 6.42 Å². The second-order valence-electron chi connectivity index (χ2n) is 9.20. The third kappa shape index (κ3) is 9.61. The molecule has 1 heterocycles. The number of esters is 1. The van der Waals surface area contributed by atoms with Crippen LogP contribution in [0.2, 0.25) is 0 Å². The highest BCUT2D eigenvalue weighted by Crippen LogP contribution is 2.34. The molecule has 1 aliphatic heterocycles. The molecule has 40 heavy (non-hydrogen) atoms. The fraction of sp³-hybridized carbons (Fsp3) is 0.464. The number of Topliss-reactive ketones (excluding diaryl/α,β-unsaturated/α-hetero) is 1. The Kier molecular flexibility index (Phi) is 12.0. The lowest BCUT2D eigenvalue weighted by Gasteiger charge is -2.44. The van der Waals surface area contributed by atoms with E-state index in [9.17, 15) is 9.59 Å². The van der Waals surface area contributed by atoms with Gasteiger partial charge in [0.25, 0.3) is 3.79 Å². The highest BCUT2D eigenvalue weighted by molar-refractivity contribution is 6.76. The summed E-state index contributed by atoms with van der Waals surface area (Å²) in [6.45, 7) is 3.45. The lowest BCUT2D eigenvalue weighted by atomic mass is 9.98. The molecule has 12 heteroatoms. The molecule has 0 aromatic heterocycles. The summed E-state index contributed by atoms with van der Waals surface area (Å²) in [4.78, 5) is 24.2. The van der Waals surface area contributed by atoms with Gasteiger partial charge < -0.3 is 33.2 Å². The van der Waals surface area contributed by atoms with Crippen LogP contribution < -0.4 is 4.74 Å². The number of carbonyl (C=O) groups is 2. The van der Waals surface area contributed by atoms with E-state index in [-0.39, 0.29) is 31.8 Å². The van der Waals surface area contributed by atoms with Crippen molar-refractivity contribution in [3.05, 3.63) is 65.7 Å². The van der Waals surface area contributed by atoms with E-state index in [1.54, 1.807) is 26.2 Å². The van der Waals surface area contributed by atoms with Crippen molar-refractivity contribution < 1.29 is 38.0 Å². The van der Waals surface area contributed by atoms with E-state index in [2.05, 4.69) is 0 Å². The molecular formula is C28H32Cl3NO8. The van der Waals surface area contributed by atoms with Crippen LogP contribution in [0.3, 0.4) is 0 Å². The number of halogens is 3. The van der Waals surface area contributed by atoms with Crippen LogP contribution in [-0.2, 0) is 46.5 Å². The van der Waals surface area contributed by atoms with Crippen LogP contribution in [0.25, 0.3) is 0 Å². The van der Waals surface area contributed by atoms with E-state index in [0.29, 0.717) is 5.75 Å². The highest BCUT2D eigenvalue weighted by Gasteiger charge is 2.50. The molecule has 3 rings (SSSR count). The number of ether oxygens (including phenoxy) is 6. The van der Waals surface area contributed by atoms with Crippen molar-refractivity contribution in [3.8, 4) is 5.75 Å². The first-order valence-corrected chi connectivity index (χ1v) is 13.7. The average Bonchev–Trinajstić information content (AvgIpc) is 2.92. The smallest absolute Gasteiger partial charge is 0.306 e. The van der Waals surface area contributed by atoms with E-state index in [4.69, 9.17) is 68.6 Å². The Balaban J connectivity index is 1.91. The summed E-state index contributed by atoms with van der Waals surface area (Å²) in [7, 11) is 1.57. The molecule has 1 aliphatic rings. The molecule has 1 unspecified atom stereocenters. The summed E-state index contributed by atoms with van der Waals surface area (Å²) in [5.74, 6) is -0.902. The largest absolute Gasteiger partial charge is 0.497 e. The third-order valence-electron chi connectivity index (χ3n) is 6.05. The molecule has 9 nitrogen and oxygen atoms in total. The molecule has 0 amide bonds. The van der Waals surface area contributed by atoms with E-state index in [1.165, 1.54) is 6.92 Å². The maximum absolute atomic E-state index is 12.8. The second-order valence-corrected chi connectivity index (χ2v) is 11.5. The van der Waals surface area contributed by atoms with Crippen LogP contribution in [0.4, 0.5) is 0 Å². The van der Waals surface area contributed by atoms with Gasteiger partial charge in [0.05, 0.1) is 32.8 Å². The van der Waals surface area contributed by atoms with Gasteiger partial charge in [-0.2, -0.15) is 0 Å². The van der Waals surface area contributed by atoms with Crippen LogP contribution in [0.1, 0.15) is 37.8 Å². The van der Waals surface area contributed by atoms with Gasteiger partial charge in [-0.05, 0) is 37.1 Å². The second kappa shape index (κ2) is 15.0. The molecule has 218 valence electrons. The van der Waals surface area contributed by atoms with Crippen molar-refractivity contribution in [1.29, 1.82) is 5.41 Å². The quantitative estimate of drug-likeness (QED) is 0.143.